The first-order chi connectivity index (χ1) is 9.88. The van der Waals surface area contributed by atoms with Crippen molar-refractivity contribution >= 4 is 34.9 Å². The van der Waals surface area contributed by atoms with Crippen LogP contribution in [0.25, 0.3) is 0 Å². The fourth-order valence-electron chi connectivity index (χ4n) is 1.58. The van der Waals surface area contributed by atoms with Gasteiger partial charge < -0.3 is 15.4 Å². The molecule has 0 aliphatic carbocycles. The number of aromatic carboxylic acids is 1. The molecule has 0 aliphatic rings. The van der Waals surface area contributed by atoms with Gasteiger partial charge in [0.2, 0.25) is 0 Å². The lowest BCUT2D eigenvalue weighted by Crippen LogP contribution is -2.12. The summed E-state index contributed by atoms with van der Waals surface area (Å²) in [4.78, 5) is 35.1. The van der Waals surface area contributed by atoms with Crippen molar-refractivity contribution in [3.8, 4) is 0 Å². The highest BCUT2D eigenvalue weighted by molar-refractivity contribution is 6.33. The van der Waals surface area contributed by atoms with Crippen LogP contribution in [0.1, 0.15) is 20.8 Å². The number of carboxylic acid groups (broad SMARTS) is 1. The number of carbonyl (C=O) groups is 2. The molecule has 0 atom stereocenters. The van der Waals surface area contributed by atoms with Gasteiger partial charge in [-0.2, -0.15) is 0 Å². The Bertz CT molecular complexity index is 740. The molecular formula is C12H8ClN3O5. The molecule has 9 heteroatoms. The summed E-state index contributed by atoms with van der Waals surface area (Å²) in [6, 6.07) is 5.02. The van der Waals surface area contributed by atoms with Crippen LogP contribution in [0.3, 0.4) is 0 Å². The van der Waals surface area contributed by atoms with Crippen LogP contribution in [0.15, 0.2) is 30.5 Å². The number of carboxylic acids is 1. The predicted molar refractivity (Wildman–Crippen MR) is 73.8 cm³/mol. The van der Waals surface area contributed by atoms with E-state index in [2.05, 4.69) is 10.3 Å². The Hall–Kier alpha value is -2.87. The van der Waals surface area contributed by atoms with Crippen molar-refractivity contribution in [2.24, 2.45) is 0 Å². The fraction of sp³-hybridized carbons (Fsp3) is 0. The molecule has 0 unspecified atom stereocenters. The van der Waals surface area contributed by atoms with Gasteiger partial charge in [-0.3, -0.25) is 14.9 Å². The third-order valence-corrected chi connectivity index (χ3v) is 2.91. The molecule has 1 heterocycles. The maximum absolute atomic E-state index is 11.9. The zero-order valence-corrected chi connectivity index (χ0v) is 11.0. The SMILES string of the molecule is O=C(Nc1ccc(Cl)c(C(=O)O)c1)c1cc([N+](=O)[O-])c[nH]1. The maximum atomic E-state index is 11.9. The summed E-state index contributed by atoms with van der Waals surface area (Å²) in [6.07, 6.45) is 1.08. The lowest BCUT2D eigenvalue weighted by atomic mass is 10.2. The molecule has 0 spiro atoms. The number of benzene rings is 1. The highest BCUT2D eigenvalue weighted by Crippen LogP contribution is 2.21. The molecular weight excluding hydrogens is 302 g/mol. The molecule has 21 heavy (non-hydrogen) atoms. The van der Waals surface area contributed by atoms with E-state index in [1.807, 2.05) is 0 Å². The summed E-state index contributed by atoms with van der Waals surface area (Å²) in [6.45, 7) is 0. The molecule has 1 aromatic carbocycles. The quantitative estimate of drug-likeness (QED) is 0.591. The Balaban J connectivity index is 2.21. The lowest BCUT2D eigenvalue weighted by Gasteiger charge is -2.06. The minimum atomic E-state index is -1.23. The monoisotopic (exact) mass is 309 g/mol. The molecule has 0 fully saturated rings. The Kier molecular flexibility index (Phi) is 3.90. The van der Waals surface area contributed by atoms with E-state index >= 15 is 0 Å². The second-order valence-electron chi connectivity index (χ2n) is 3.98. The molecule has 0 aliphatic heterocycles. The van der Waals surface area contributed by atoms with Gasteiger partial charge >= 0.3 is 5.97 Å². The number of carbonyl (C=O) groups excluding carboxylic acids is 1. The van der Waals surface area contributed by atoms with Crippen LogP contribution in [0.4, 0.5) is 11.4 Å². The van der Waals surface area contributed by atoms with Crippen LogP contribution >= 0.6 is 11.6 Å². The molecule has 0 radical (unpaired) electrons. The van der Waals surface area contributed by atoms with E-state index in [0.717, 1.165) is 12.3 Å². The first-order valence-corrected chi connectivity index (χ1v) is 5.93. The number of hydrogen-bond acceptors (Lipinski definition) is 4. The number of amides is 1. The Morgan fingerprint density at radius 2 is 2.05 bits per heavy atom. The summed E-state index contributed by atoms with van der Waals surface area (Å²) in [5.41, 5.74) is -0.220. The molecule has 0 saturated heterocycles. The average molecular weight is 310 g/mol. The van der Waals surface area contributed by atoms with Crippen LogP contribution in [0, 0.1) is 10.1 Å². The van der Waals surface area contributed by atoms with Crippen molar-refractivity contribution < 1.29 is 19.6 Å². The van der Waals surface area contributed by atoms with Gasteiger partial charge in [-0.25, -0.2) is 4.79 Å². The summed E-state index contributed by atoms with van der Waals surface area (Å²) >= 11 is 5.71. The minimum Gasteiger partial charge on any atom is -0.478 e. The number of hydrogen-bond donors (Lipinski definition) is 3. The van der Waals surface area contributed by atoms with E-state index in [1.54, 1.807) is 0 Å². The number of nitro groups is 1. The standard InChI is InChI=1S/C12H8ClN3O5/c13-9-2-1-6(3-8(9)12(18)19)15-11(17)10-4-7(5-14-10)16(20)21/h1-5,14H,(H,15,17)(H,18,19). The van der Waals surface area contributed by atoms with Gasteiger partial charge in [0.15, 0.2) is 0 Å². The number of aromatic amines is 1. The largest absolute Gasteiger partial charge is 0.478 e. The Labute approximate surface area is 122 Å². The van der Waals surface area contributed by atoms with Crippen molar-refractivity contribution in [2.45, 2.75) is 0 Å². The molecule has 0 bridgehead atoms. The van der Waals surface area contributed by atoms with Gasteiger partial charge in [0.1, 0.15) is 5.69 Å². The second kappa shape index (κ2) is 5.63. The number of H-pyrrole nitrogens is 1. The maximum Gasteiger partial charge on any atom is 0.337 e. The van der Waals surface area contributed by atoms with Crippen molar-refractivity contribution in [1.29, 1.82) is 0 Å². The molecule has 1 aromatic heterocycles. The molecule has 3 N–H and O–H groups in total. The minimum absolute atomic E-state index is 0.0199. The summed E-state index contributed by atoms with van der Waals surface area (Å²) in [5, 5.41) is 21.9. The highest BCUT2D eigenvalue weighted by atomic mass is 35.5. The van der Waals surface area contributed by atoms with Crippen LogP contribution in [-0.2, 0) is 0 Å². The van der Waals surface area contributed by atoms with E-state index in [0.29, 0.717) is 0 Å². The van der Waals surface area contributed by atoms with Gasteiger partial charge in [0.05, 0.1) is 21.7 Å². The van der Waals surface area contributed by atoms with Crippen molar-refractivity contribution in [2.75, 3.05) is 5.32 Å². The topological polar surface area (TPSA) is 125 Å². The van der Waals surface area contributed by atoms with Crippen molar-refractivity contribution in [3.05, 3.63) is 56.9 Å². The predicted octanol–water partition coefficient (Wildman–Crippen LogP) is 2.53. The molecule has 2 rings (SSSR count). The van der Waals surface area contributed by atoms with Gasteiger partial charge in [-0.1, -0.05) is 11.6 Å². The normalized spacial score (nSPS) is 10.1. The lowest BCUT2D eigenvalue weighted by molar-refractivity contribution is -0.384. The first-order valence-electron chi connectivity index (χ1n) is 5.55. The number of rotatable bonds is 4. The van der Waals surface area contributed by atoms with E-state index in [-0.39, 0.29) is 27.7 Å². The van der Waals surface area contributed by atoms with Gasteiger partial charge in [-0.05, 0) is 18.2 Å². The zero-order chi connectivity index (χ0) is 15.6. The highest BCUT2D eigenvalue weighted by Gasteiger charge is 2.16. The average Bonchev–Trinajstić information content (AvgIpc) is 2.90. The van der Waals surface area contributed by atoms with E-state index < -0.39 is 16.8 Å². The smallest absolute Gasteiger partial charge is 0.337 e. The number of halogens is 1. The molecule has 1 amide bonds. The van der Waals surface area contributed by atoms with E-state index in [1.165, 1.54) is 18.2 Å². The van der Waals surface area contributed by atoms with Gasteiger partial charge in [-0.15, -0.1) is 0 Å². The van der Waals surface area contributed by atoms with Gasteiger partial charge in [0, 0.05) is 11.8 Å². The van der Waals surface area contributed by atoms with E-state index in [9.17, 15) is 19.7 Å². The van der Waals surface area contributed by atoms with Crippen molar-refractivity contribution in [3.63, 3.8) is 0 Å². The van der Waals surface area contributed by atoms with Crippen LogP contribution in [-0.4, -0.2) is 26.9 Å². The summed E-state index contributed by atoms with van der Waals surface area (Å²) in [7, 11) is 0. The molecule has 108 valence electrons. The number of nitrogens with one attached hydrogen (secondary N) is 2. The molecule has 8 nitrogen and oxygen atoms in total. The van der Waals surface area contributed by atoms with Crippen LogP contribution < -0.4 is 5.32 Å². The number of anilines is 1. The Morgan fingerprint density at radius 3 is 2.62 bits per heavy atom. The Morgan fingerprint density at radius 1 is 1.33 bits per heavy atom. The number of aromatic nitrogens is 1. The first kappa shape index (κ1) is 14.5. The summed E-state index contributed by atoms with van der Waals surface area (Å²) < 4.78 is 0. The molecule has 0 saturated carbocycles. The van der Waals surface area contributed by atoms with Crippen molar-refractivity contribution in [1.82, 2.24) is 4.98 Å². The fourth-order valence-corrected chi connectivity index (χ4v) is 1.78. The van der Waals surface area contributed by atoms with E-state index in [4.69, 9.17) is 16.7 Å². The van der Waals surface area contributed by atoms with Crippen LogP contribution in [0.5, 0.6) is 0 Å². The summed E-state index contributed by atoms with van der Waals surface area (Å²) in [5.74, 6) is -1.87. The molecule has 2 aromatic rings. The third kappa shape index (κ3) is 3.18. The second-order valence-corrected chi connectivity index (χ2v) is 4.39. The number of nitrogens with zero attached hydrogens (tertiary/aromatic N) is 1. The third-order valence-electron chi connectivity index (χ3n) is 2.58. The van der Waals surface area contributed by atoms with Gasteiger partial charge in [0.25, 0.3) is 11.6 Å². The zero-order valence-electron chi connectivity index (χ0n) is 10.3. The van der Waals surface area contributed by atoms with Crippen LogP contribution in [0.2, 0.25) is 5.02 Å².